The molecule has 1 N–H and O–H groups in total. The molecule has 3 rings (SSSR count). The molecule has 6 nitrogen and oxygen atoms in total. The molecule has 0 spiro atoms. The fraction of sp³-hybridized carbons (Fsp3) is 0.160. The van der Waals surface area contributed by atoms with Crippen LogP contribution in [-0.4, -0.2) is 24.7 Å². The van der Waals surface area contributed by atoms with Gasteiger partial charge < -0.3 is 9.47 Å². The van der Waals surface area contributed by atoms with Crippen LogP contribution in [0.15, 0.2) is 77.9 Å². The molecule has 1 amide bonds. The van der Waals surface area contributed by atoms with E-state index in [0.717, 1.165) is 12.8 Å². The smallest absolute Gasteiger partial charge is 0.343 e. The fourth-order valence-corrected chi connectivity index (χ4v) is 2.64. The van der Waals surface area contributed by atoms with Gasteiger partial charge in [-0.1, -0.05) is 13.3 Å². The topological polar surface area (TPSA) is 77.0 Å². The number of hydrogen-bond acceptors (Lipinski definition) is 5. The molecule has 0 fully saturated rings. The maximum Gasteiger partial charge on any atom is 0.343 e. The number of carbonyl (C=O) groups excluding carboxylic acids is 2. The summed E-state index contributed by atoms with van der Waals surface area (Å²) in [6.07, 6.45) is 3.48. The van der Waals surface area contributed by atoms with Crippen LogP contribution in [0.3, 0.4) is 0 Å². The van der Waals surface area contributed by atoms with Crippen LogP contribution in [0.5, 0.6) is 11.5 Å². The summed E-state index contributed by atoms with van der Waals surface area (Å²) >= 11 is 0. The van der Waals surface area contributed by atoms with Gasteiger partial charge in [-0.05, 0) is 84.8 Å². The average Bonchev–Trinajstić information content (AvgIpc) is 2.81. The van der Waals surface area contributed by atoms with Crippen LogP contribution in [0.1, 0.15) is 46.0 Å². The Morgan fingerprint density at radius 1 is 0.906 bits per heavy atom. The monoisotopic (exact) mass is 434 g/mol. The van der Waals surface area contributed by atoms with Crippen LogP contribution in [0, 0.1) is 5.82 Å². The van der Waals surface area contributed by atoms with E-state index in [9.17, 15) is 14.0 Å². The summed E-state index contributed by atoms with van der Waals surface area (Å²) in [4.78, 5) is 24.2. The highest BCUT2D eigenvalue weighted by Gasteiger charge is 2.09. The first kappa shape index (κ1) is 22.7. The summed E-state index contributed by atoms with van der Waals surface area (Å²) in [5.74, 6) is -0.248. The molecule has 0 aliphatic heterocycles. The van der Waals surface area contributed by atoms with Crippen LogP contribution in [-0.2, 0) is 0 Å². The molecule has 0 atom stereocenters. The quantitative estimate of drug-likeness (QED) is 0.169. The third kappa shape index (κ3) is 6.77. The number of halogens is 1. The second-order valence-corrected chi connectivity index (χ2v) is 6.89. The molecule has 32 heavy (non-hydrogen) atoms. The lowest BCUT2D eigenvalue weighted by Crippen LogP contribution is -2.17. The van der Waals surface area contributed by atoms with Crippen molar-refractivity contribution < 1.29 is 23.5 Å². The summed E-state index contributed by atoms with van der Waals surface area (Å²) in [5.41, 5.74) is 3.78. The fourth-order valence-electron chi connectivity index (χ4n) is 2.64. The third-order valence-electron chi connectivity index (χ3n) is 4.43. The number of unbranched alkanes of at least 4 members (excludes halogenated alkanes) is 1. The predicted octanol–water partition coefficient (Wildman–Crippen LogP) is 4.99. The normalized spacial score (nSPS) is 10.7. The minimum Gasteiger partial charge on any atom is -0.494 e. The molecule has 164 valence electrons. The summed E-state index contributed by atoms with van der Waals surface area (Å²) in [6, 6.07) is 18.6. The van der Waals surface area contributed by atoms with Gasteiger partial charge >= 0.3 is 5.97 Å². The van der Waals surface area contributed by atoms with Crippen LogP contribution in [0.2, 0.25) is 0 Å². The van der Waals surface area contributed by atoms with Crippen molar-refractivity contribution in [3.63, 3.8) is 0 Å². The molecule has 0 aliphatic rings. The van der Waals surface area contributed by atoms with Crippen LogP contribution in [0.25, 0.3) is 0 Å². The lowest BCUT2D eigenvalue weighted by atomic mass is 10.2. The number of carbonyl (C=O) groups is 2. The van der Waals surface area contributed by atoms with E-state index in [4.69, 9.17) is 9.47 Å². The van der Waals surface area contributed by atoms with E-state index < -0.39 is 17.7 Å². The number of rotatable bonds is 9. The first-order chi connectivity index (χ1) is 15.5. The number of esters is 1. The van der Waals surface area contributed by atoms with Gasteiger partial charge in [-0.15, -0.1) is 0 Å². The highest BCUT2D eigenvalue weighted by Crippen LogP contribution is 2.16. The van der Waals surface area contributed by atoms with Crippen LogP contribution >= 0.6 is 0 Å². The van der Waals surface area contributed by atoms with Gasteiger partial charge in [-0.25, -0.2) is 14.6 Å². The minimum absolute atomic E-state index is 0.298. The van der Waals surface area contributed by atoms with E-state index in [-0.39, 0.29) is 0 Å². The molecule has 0 aromatic heterocycles. The lowest BCUT2D eigenvalue weighted by Gasteiger charge is -2.07. The number of hydrazone groups is 1. The van der Waals surface area contributed by atoms with Gasteiger partial charge in [0.05, 0.1) is 18.4 Å². The maximum absolute atomic E-state index is 12.9. The van der Waals surface area contributed by atoms with Gasteiger partial charge in [0.15, 0.2) is 0 Å². The lowest BCUT2D eigenvalue weighted by molar-refractivity contribution is 0.0734. The Labute approximate surface area is 185 Å². The van der Waals surface area contributed by atoms with Crippen molar-refractivity contribution in [1.29, 1.82) is 0 Å². The van der Waals surface area contributed by atoms with Crippen molar-refractivity contribution in [1.82, 2.24) is 5.43 Å². The van der Waals surface area contributed by atoms with Crippen molar-refractivity contribution in [3.05, 3.63) is 95.3 Å². The zero-order valence-electron chi connectivity index (χ0n) is 17.6. The van der Waals surface area contributed by atoms with E-state index in [2.05, 4.69) is 17.5 Å². The van der Waals surface area contributed by atoms with Gasteiger partial charge in [-0.3, -0.25) is 4.79 Å². The number of nitrogens with zero attached hydrogens (tertiary/aromatic N) is 1. The second-order valence-electron chi connectivity index (χ2n) is 6.89. The number of hydrogen-bond donors (Lipinski definition) is 1. The first-order valence-electron chi connectivity index (χ1n) is 10.2. The zero-order chi connectivity index (χ0) is 22.8. The zero-order valence-corrected chi connectivity index (χ0v) is 17.6. The Balaban J connectivity index is 1.50. The van der Waals surface area contributed by atoms with Gasteiger partial charge in [0, 0.05) is 5.56 Å². The summed E-state index contributed by atoms with van der Waals surface area (Å²) in [7, 11) is 0. The van der Waals surface area contributed by atoms with Crippen LogP contribution in [0.4, 0.5) is 4.39 Å². The molecule has 0 unspecified atom stereocenters. The van der Waals surface area contributed by atoms with Gasteiger partial charge in [0.25, 0.3) is 5.91 Å². The molecule has 0 radical (unpaired) electrons. The molecular weight excluding hydrogens is 411 g/mol. The van der Waals surface area contributed by atoms with E-state index in [1.54, 1.807) is 48.5 Å². The summed E-state index contributed by atoms with van der Waals surface area (Å²) in [5, 5.41) is 3.88. The Morgan fingerprint density at radius 2 is 1.53 bits per heavy atom. The standard InChI is InChI=1S/C25H23FN2O4/c1-2-3-16-31-22-14-8-20(9-15-22)25(30)32-23-12-4-18(5-13-23)17-27-28-24(29)19-6-10-21(26)11-7-19/h4-15,17H,2-3,16H2,1H3,(H,28,29)/b27-17+. The van der Waals surface area contributed by atoms with Gasteiger partial charge in [0.1, 0.15) is 17.3 Å². The highest BCUT2D eigenvalue weighted by atomic mass is 19.1. The minimum atomic E-state index is -0.474. The van der Waals surface area contributed by atoms with Crippen molar-refractivity contribution in [2.24, 2.45) is 5.10 Å². The van der Waals surface area contributed by atoms with E-state index in [1.807, 2.05) is 0 Å². The Kier molecular flexibility index (Phi) is 8.09. The number of ether oxygens (including phenoxy) is 2. The largest absolute Gasteiger partial charge is 0.494 e. The van der Waals surface area contributed by atoms with E-state index in [0.29, 0.717) is 34.8 Å². The second kappa shape index (κ2) is 11.4. The molecular formula is C25H23FN2O4. The van der Waals surface area contributed by atoms with Crippen molar-refractivity contribution >= 4 is 18.1 Å². The summed E-state index contributed by atoms with van der Waals surface area (Å²) in [6.45, 7) is 2.74. The maximum atomic E-state index is 12.9. The van der Waals surface area contributed by atoms with Crippen molar-refractivity contribution in [2.75, 3.05) is 6.61 Å². The molecule has 0 saturated carbocycles. The van der Waals surface area contributed by atoms with Gasteiger partial charge in [-0.2, -0.15) is 5.10 Å². The average molecular weight is 434 g/mol. The number of benzene rings is 3. The molecule has 3 aromatic rings. The summed E-state index contributed by atoms with van der Waals surface area (Å²) < 4.78 is 23.9. The molecule has 0 aliphatic carbocycles. The number of nitrogens with one attached hydrogen (secondary N) is 1. The first-order valence-corrected chi connectivity index (χ1v) is 10.2. The number of amides is 1. The molecule has 7 heteroatoms. The van der Waals surface area contributed by atoms with Gasteiger partial charge in [0.2, 0.25) is 0 Å². The molecule has 0 saturated heterocycles. The van der Waals surface area contributed by atoms with E-state index >= 15 is 0 Å². The SMILES string of the molecule is CCCCOc1ccc(C(=O)Oc2ccc(/C=N/NC(=O)c3ccc(F)cc3)cc2)cc1. The Bertz CT molecular complexity index is 1060. The predicted molar refractivity (Wildman–Crippen MR) is 120 cm³/mol. The Hall–Kier alpha value is -4.00. The molecule has 3 aromatic carbocycles. The Morgan fingerprint density at radius 3 is 2.19 bits per heavy atom. The molecule has 0 bridgehead atoms. The third-order valence-corrected chi connectivity index (χ3v) is 4.43. The molecule has 0 heterocycles. The van der Waals surface area contributed by atoms with Crippen LogP contribution < -0.4 is 14.9 Å². The van der Waals surface area contributed by atoms with E-state index in [1.165, 1.54) is 30.5 Å². The highest BCUT2D eigenvalue weighted by molar-refractivity contribution is 5.95. The van der Waals surface area contributed by atoms with Crippen molar-refractivity contribution in [3.8, 4) is 11.5 Å². The van der Waals surface area contributed by atoms with Crippen molar-refractivity contribution in [2.45, 2.75) is 19.8 Å².